The molecule has 1 aromatic carbocycles. The Kier molecular flexibility index (Phi) is 7.42. The van der Waals surface area contributed by atoms with E-state index in [1.165, 1.54) is 0 Å². The van der Waals surface area contributed by atoms with Gasteiger partial charge in [-0.05, 0) is 12.5 Å². The summed E-state index contributed by atoms with van der Waals surface area (Å²) in [5, 5.41) is 23.4. The van der Waals surface area contributed by atoms with Gasteiger partial charge in [0.1, 0.15) is 6.04 Å². The summed E-state index contributed by atoms with van der Waals surface area (Å²) in [7, 11) is 0. The quantitative estimate of drug-likeness (QED) is 0.520. The molecule has 1 rings (SSSR count). The number of hydrogen-bond acceptors (Lipinski definition) is 4. The van der Waals surface area contributed by atoms with Gasteiger partial charge in [-0.25, -0.2) is 4.79 Å². The van der Waals surface area contributed by atoms with E-state index in [0.29, 0.717) is 6.54 Å². The number of carboxylic acid groups (broad SMARTS) is 1. The SMILES string of the molecule is CC(CC(=O)N[C@@H](Cc1ccccc1)C(=O)O)NCCO. The molecule has 0 bridgehead atoms. The van der Waals surface area contributed by atoms with Crippen molar-refractivity contribution in [3.8, 4) is 0 Å². The lowest BCUT2D eigenvalue weighted by molar-refractivity contribution is -0.141. The van der Waals surface area contributed by atoms with Crippen molar-refractivity contribution >= 4 is 11.9 Å². The minimum atomic E-state index is -1.05. The Morgan fingerprint density at radius 2 is 1.90 bits per heavy atom. The molecule has 0 fully saturated rings. The zero-order valence-corrected chi connectivity index (χ0v) is 12.1. The van der Waals surface area contributed by atoms with Crippen LogP contribution in [0.25, 0.3) is 0 Å². The zero-order valence-electron chi connectivity index (χ0n) is 12.1. The molecule has 0 heterocycles. The summed E-state index contributed by atoms with van der Waals surface area (Å²) in [6, 6.07) is 8.11. The third-order valence-corrected chi connectivity index (χ3v) is 3.01. The Morgan fingerprint density at radius 3 is 2.48 bits per heavy atom. The summed E-state index contributed by atoms with van der Waals surface area (Å²) in [4.78, 5) is 23.1. The summed E-state index contributed by atoms with van der Waals surface area (Å²) >= 11 is 0. The Labute approximate surface area is 124 Å². The van der Waals surface area contributed by atoms with Gasteiger partial charge in [-0.2, -0.15) is 0 Å². The van der Waals surface area contributed by atoms with Crippen LogP contribution in [-0.4, -0.2) is 47.3 Å². The number of aliphatic hydroxyl groups is 1. The fourth-order valence-electron chi connectivity index (χ4n) is 1.96. The van der Waals surface area contributed by atoms with Crippen LogP contribution in [0.3, 0.4) is 0 Å². The van der Waals surface area contributed by atoms with Crippen LogP contribution in [0.1, 0.15) is 18.9 Å². The molecule has 1 unspecified atom stereocenters. The van der Waals surface area contributed by atoms with E-state index in [1.807, 2.05) is 37.3 Å². The molecule has 0 aliphatic carbocycles. The van der Waals surface area contributed by atoms with Gasteiger partial charge >= 0.3 is 5.97 Å². The van der Waals surface area contributed by atoms with Crippen molar-refractivity contribution in [2.45, 2.75) is 31.8 Å². The molecule has 1 amide bonds. The van der Waals surface area contributed by atoms with Gasteiger partial charge in [-0.15, -0.1) is 0 Å². The summed E-state index contributed by atoms with van der Waals surface area (Å²) < 4.78 is 0. The zero-order chi connectivity index (χ0) is 15.7. The van der Waals surface area contributed by atoms with Gasteiger partial charge in [0, 0.05) is 25.4 Å². The highest BCUT2D eigenvalue weighted by molar-refractivity contribution is 5.84. The molecule has 0 aliphatic rings. The molecular formula is C15H22N2O4. The van der Waals surface area contributed by atoms with E-state index in [0.717, 1.165) is 5.56 Å². The molecule has 0 saturated carbocycles. The van der Waals surface area contributed by atoms with Gasteiger partial charge in [0.2, 0.25) is 5.91 Å². The smallest absolute Gasteiger partial charge is 0.326 e. The first-order chi connectivity index (χ1) is 10.0. The van der Waals surface area contributed by atoms with Crippen molar-refractivity contribution in [1.29, 1.82) is 0 Å². The second-order valence-corrected chi connectivity index (χ2v) is 4.93. The van der Waals surface area contributed by atoms with E-state index in [4.69, 9.17) is 5.11 Å². The summed E-state index contributed by atoms with van der Waals surface area (Å²) in [5.41, 5.74) is 0.858. The second-order valence-electron chi connectivity index (χ2n) is 4.93. The van der Waals surface area contributed by atoms with Crippen molar-refractivity contribution in [3.63, 3.8) is 0 Å². The van der Waals surface area contributed by atoms with Crippen molar-refractivity contribution in [1.82, 2.24) is 10.6 Å². The molecule has 21 heavy (non-hydrogen) atoms. The maximum Gasteiger partial charge on any atom is 0.326 e. The molecular weight excluding hydrogens is 272 g/mol. The lowest BCUT2D eigenvalue weighted by atomic mass is 10.1. The number of hydrogen-bond donors (Lipinski definition) is 4. The highest BCUT2D eigenvalue weighted by Gasteiger charge is 2.21. The van der Waals surface area contributed by atoms with Crippen LogP contribution >= 0.6 is 0 Å². The highest BCUT2D eigenvalue weighted by atomic mass is 16.4. The van der Waals surface area contributed by atoms with Gasteiger partial charge in [-0.1, -0.05) is 30.3 Å². The average Bonchev–Trinajstić information content (AvgIpc) is 2.45. The molecule has 6 nitrogen and oxygen atoms in total. The first-order valence-electron chi connectivity index (χ1n) is 6.93. The largest absolute Gasteiger partial charge is 0.480 e. The van der Waals surface area contributed by atoms with Crippen molar-refractivity contribution in [2.24, 2.45) is 0 Å². The van der Waals surface area contributed by atoms with Crippen LogP contribution in [0.15, 0.2) is 30.3 Å². The van der Waals surface area contributed by atoms with E-state index in [-0.39, 0.29) is 31.4 Å². The molecule has 0 radical (unpaired) electrons. The van der Waals surface area contributed by atoms with Crippen LogP contribution in [0, 0.1) is 0 Å². The van der Waals surface area contributed by atoms with Gasteiger partial charge in [0.25, 0.3) is 0 Å². The van der Waals surface area contributed by atoms with E-state index < -0.39 is 12.0 Å². The van der Waals surface area contributed by atoms with Gasteiger partial charge < -0.3 is 20.8 Å². The molecule has 0 aliphatic heterocycles. The Morgan fingerprint density at radius 1 is 1.24 bits per heavy atom. The van der Waals surface area contributed by atoms with Crippen LogP contribution in [0.4, 0.5) is 0 Å². The summed E-state index contributed by atoms with van der Waals surface area (Å²) in [6.45, 7) is 2.21. The lowest BCUT2D eigenvalue weighted by Crippen LogP contribution is -2.44. The monoisotopic (exact) mass is 294 g/mol. The van der Waals surface area contributed by atoms with Crippen molar-refractivity contribution in [3.05, 3.63) is 35.9 Å². The number of rotatable bonds is 9. The number of carboxylic acids is 1. The predicted octanol–water partition coefficient (Wildman–Crippen LogP) is 0.159. The maximum absolute atomic E-state index is 11.8. The molecule has 0 aromatic heterocycles. The number of nitrogens with one attached hydrogen (secondary N) is 2. The number of amides is 1. The Hall–Kier alpha value is -1.92. The molecule has 0 spiro atoms. The lowest BCUT2D eigenvalue weighted by Gasteiger charge is -2.17. The molecule has 116 valence electrons. The second kappa shape index (κ2) is 9.10. The van der Waals surface area contributed by atoms with Gasteiger partial charge in [-0.3, -0.25) is 4.79 Å². The number of aliphatic hydroxyl groups excluding tert-OH is 1. The Bertz CT molecular complexity index is 450. The molecule has 0 saturated heterocycles. The fourth-order valence-corrected chi connectivity index (χ4v) is 1.96. The van der Waals surface area contributed by atoms with E-state index in [2.05, 4.69) is 10.6 Å². The minimum Gasteiger partial charge on any atom is -0.480 e. The maximum atomic E-state index is 11.8. The van der Waals surface area contributed by atoms with Crippen LogP contribution < -0.4 is 10.6 Å². The number of carbonyl (C=O) groups excluding carboxylic acids is 1. The third kappa shape index (κ3) is 6.87. The third-order valence-electron chi connectivity index (χ3n) is 3.01. The Balaban J connectivity index is 2.50. The highest BCUT2D eigenvalue weighted by Crippen LogP contribution is 2.04. The summed E-state index contributed by atoms with van der Waals surface area (Å²) in [6.07, 6.45) is 0.416. The van der Waals surface area contributed by atoms with Crippen molar-refractivity contribution in [2.75, 3.05) is 13.2 Å². The average molecular weight is 294 g/mol. The van der Waals surface area contributed by atoms with Crippen molar-refractivity contribution < 1.29 is 19.8 Å². The standard InChI is InChI=1S/C15H22N2O4/c1-11(16-7-8-18)9-14(19)17-13(15(20)21)10-12-5-3-2-4-6-12/h2-6,11,13,16,18H,7-10H2,1H3,(H,17,19)(H,20,21)/t11?,13-/m0/s1. The van der Waals surface area contributed by atoms with E-state index in [9.17, 15) is 14.7 Å². The molecule has 4 N–H and O–H groups in total. The first kappa shape index (κ1) is 17.1. The molecule has 6 heteroatoms. The van der Waals surface area contributed by atoms with Gasteiger partial charge in [0.15, 0.2) is 0 Å². The normalized spacial score (nSPS) is 13.4. The predicted molar refractivity (Wildman–Crippen MR) is 78.9 cm³/mol. The number of carbonyl (C=O) groups is 2. The van der Waals surface area contributed by atoms with E-state index >= 15 is 0 Å². The van der Waals surface area contributed by atoms with Crippen LogP contribution in [0.2, 0.25) is 0 Å². The fraction of sp³-hybridized carbons (Fsp3) is 0.467. The van der Waals surface area contributed by atoms with E-state index in [1.54, 1.807) is 0 Å². The number of aliphatic carboxylic acids is 1. The molecule has 1 aromatic rings. The van der Waals surface area contributed by atoms with Crippen LogP contribution in [0.5, 0.6) is 0 Å². The minimum absolute atomic E-state index is 0.00226. The van der Waals surface area contributed by atoms with Gasteiger partial charge in [0.05, 0.1) is 6.61 Å². The van der Waals surface area contributed by atoms with Crippen LogP contribution in [-0.2, 0) is 16.0 Å². The number of benzene rings is 1. The first-order valence-corrected chi connectivity index (χ1v) is 6.93. The topological polar surface area (TPSA) is 98.7 Å². The summed E-state index contributed by atoms with van der Waals surface area (Å²) in [5.74, 6) is -1.38. The molecule has 2 atom stereocenters.